The zero-order chi connectivity index (χ0) is 18.9. The summed E-state index contributed by atoms with van der Waals surface area (Å²) in [7, 11) is 0. The predicted octanol–water partition coefficient (Wildman–Crippen LogP) is 2.82. The largest absolute Gasteiger partial charge is 0.384 e. The molecule has 1 aliphatic carbocycles. The van der Waals surface area contributed by atoms with E-state index in [9.17, 15) is 9.59 Å². The predicted molar refractivity (Wildman–Crippen MR) is 106 cm³/mol. The van der Waals surface area contributed by atoms with E-state index in [1.54, 1.807) is 12.4 Å². The first kappa shape index (κ1) is 19.6. The zero-order valence-corrected chi connectivity index (χ0v) is 16.2. The molecule has 1 atom stereocenters. The van der Waals surface area contributed by atoms with Crippen LogP contribution in [0.1, 0.15) is 51.4 Å². The number of nitrogens with zero attached hydrogens (tertiary/aromatic N) is 2. The monoisotopic (exact) mass is 372 g/mol. The molecule has 0 spiro atoms. The van der Waals surface area contributed by atoms with Crippen molar-refractivity contribution in [3.05, 3.63) is 24.5 Å². The van der Waals surface area contributed by atoms with Gasteiger partial charge in [-0.25, -0.2) is 0 Å². The van der Waals surface area contributed by atoms with Crippen molar-refractivity contribution in [1.82, 2.24) is 15.2 Å². The molecule has 1 unspecified atom stereocenters. The van der Waals surface area contributed by atoms with Crippen molar-refractivity contribution in [3.63, 3.8) is 0 Å². The minimum Gasteiger partial charge on any atom is -0.384 e. The van der Waals surface area contributed by atoms with Crippen LogP contribution >= 0.6 is 0 Å². The fourth-order valence-electron chi connectivity index (χ4n) is 4.13. The molecule has 1 aromatic rings. The fraction of sp³-hybridized carbons (Fsp3) is 0.667. The molecular formula is C21H32N4O2. The lowest BCUT2D eigenvalue weighted by atomic mass is 9.87. The standard InChI is InChI=1S/C21H32N4O2/c26-20-10-9-18(16-25(20)15-17-6-2-1-3-7-17)21(27)24-13-5-12-23-19-8-4-11-22-14-19/h4,8,11,14,17-18,23H,1-3,5-7,9-10,12-13,15-16H2,(H,24,27). The maximum absolute atomic E-state index is 12.5. The third-order valence-corrected chi connectivity index (χ3v) is 5.72. The number of pyridine rings is 1. The van der Waals surface area contributed by atoms with Crippen LogP contribution in [0.3, 0.4) is 0 Å². The van der Waals surface area contributed by atoms with Crippen LogP contribution in [0.5, 0.6) is 0 Å². The van der Waals surface area contributed by atoms with Gasteiger partial charge in [-0.15, -0.1) is 0 Å². The van der Waals surface area contributed by atoms with Crippen LogP contribution in [0.25, 0.3) is 0 Å². The molecule has 2 heterocycles. The molecule has 2 fully saturated rings. The van der Waals surface area contributed by atoms with E-state index in [1.807, 2.05) is 17.0 Å². The highest BCUT2D eigenvalue weighted by Gasteiger charge is 2.31. The fourth-order valence-corrected chi connectivity index (χ4v) is 4.13. The van der Waals surface area contributed by atoms with Crippen LogP contribution in [-0.2, 0) is 9.59 Å². The molecule has 6 heteroatoms. The van der Waals surface area contributed by atoms with E-state index in [0.29, 0.717) is 31.8 Å². The number of nitrogens with one attached hydrogen (secondary N) is 2. The van der Waals surface area contributed by atoms with Gasteiger partial charge < -0.3 is 15.5 Å². The van der Waals surface area contributed by atoms with Crippen LogP contribution in [0.15, 0.2) is 24.5 Å². The molecule has 1 aromatic heterocycles. The van der Waals surface area contributed by atoms with Crippen molar-refractivity contribution in [2.75, 3.05) is 31.5 Å². The van der Waals surface area contributed by atoms with Gasteiger partial charge in [-0.3, -0.25) is 14.6 Å². The van der Waals surface area contributed by atoms with E-state index in [-0.39, 0.29) is 17.7 Å². The Morgan fingerprint density at radius 2 is 2.04 bits per heavy atom. The number of likely N-dealkylation sites (tertiary alicyclic amines) is 1. The molecule has 148 valence electrons. The number of rotatable bonds is 8. The quantitative estimate of drug-likeness (QED) is 0.688. The van der Waals surface area contributed by atoms with Gasteiger partial charge >= 0.3 is 0 Å². The van der Waals surface area contributed by atoms with Crippen molar-refractivity contribution in [1.29, 1.82) is 0 Å². The van der Waals surface area contributed by atoms with Gasteiger partial charge in [0.1, 0.15) is 0 Å². The molecule has 2 amide bonds. The number of aromatic nitrogens is 1. The Morgan fingerprint density at radius 1 is 1.19 bits per heavy atom. The minimum absolute atomic E-state index is 0.0578. The second-order valence-corrected chi connectivity index (χ2v) is 7.85. The SMILES string of the molecule is O=C(NCCCNc1cccnc1)C1CCC(=O)N(CC2CCCCC2)C1. The third-order valence-electron chi connectivity index (χ3n) is 5.72. The first-order valence-corrected chi connectivity index (χ1v) is 10.4. The van der Waals surface area contributed by atoms with Crippen LogP contribution in [0, 0.1) is 11.8 Å². The van der Waals surface area contributed by atoms with E-state index in [4.69, 9.17) is 0 Å². The van der Waals surface area contributed by atoms with Crippen molar-refractivity contribution in [3.8, 4) is 0 Å². The van der Waals surface area contributed by atoms with E-state index >= 15 is 0 Å². The number of carbonyl (C=O) groups excluding carboxylic acids is 2. The van der Waals surface area contributed by atoms with E-state index in [1.165, 1.54) is 32.1 Å². The Hall–Kier alpha value is -2.11. The number of carbonyl (C=O) groups is 2. The number of hydrogen-bond acceptors (Lipinski definition) is 4. The zero-order valence-electron chi connectivity index (χ0n) is 16.2. The summed E-state index contributed by atoms with van der Waals surface area (Å²) in [6, 6.07) is 3.87. The highest BCUT2D eigenvalue weighted by Crippen LogP contribution is 2.27. The molecule has 27 heavy (non-hydrogen) atoms. The summed E-state index contributed by atoms with van der Waals surface area (Å²) in [6.07, 6.45) is 11.9. The lowest BCUT2D eigenvalue weighted by Crippen LogP contribution is -2.47. The van der Waals surface area contributed by atoms with E-state index in [2.05, 4.69) is 15.6 Å². The van der Waals surface area contributed by atoms with E-state index in [0.717, 1.165) is 25.2 Å². The second-order valence-electron chi connectivity index (χ2n) is 7.85. The van der Waals surface area contributed by atoms with Gasteiger partial charge in [0, 0.05) is 45.0 Å². The summed E-state index contributed by atoms with van der Waals surface area (Å²) in [5.74, 6) is 0.892. The Balaban J connectivity index is 1.35. The number of amides is 2. The van der Waals surface area contributed by atoms with Crippen molar-refractivity contribution in [2.24, 2.45) is 11.8 Å². The molecular weight excluding hydrogens is 340 g/mol. The van der Waals surface area contributed by atoms with Crippen molar-refractivity contribution < 1.29 is 9.59 Å². The molecule has 0 aromatic carbocycles. The molecule has 0 bridgehead atoms. The number of anilines is 1. The van der Waals surface area contributed by atoms with Gasteiger partial charge in [-0.2, -0.15) is 0 Å². The Morgan fingerprint density at radius 3 is 2.81 bits per heavy atom. The molecule has 6 nitrogen and oxygen atoms in total. The second kappa shape index (κ2) is 10.3. The van der Waals surface area contributed by atoms with Gasteiger partial charge in [0.15, 0.2) is 0 Å². The molecule has 3 rings (SSSR count). The minimum atomic E-state index is -0.0578. The number of piperidine rings is 1. The highest BCUT2D eigenvalue weighted by molar-refractivity contribution is 5.83. The summed E-state index contributed by atoms with van der Waals surface area (Å²) < 4.78 is 0. The molecule has 0 radical (unpaired) electrons. The summed E-state index contributed by atoms with van der Waals surface area (Å²) in [4.78, 5) is 30.8. The average molecular weight is 373 g/mol. The van der Waals surface area contributed by atoms with Crippen molar-refractivity contribution in [2.45, 2.75) is 51.4 Å². The summed E-state index contributed by atoms with van der Waals surface area (Å²) in [6.45, 7) is 2.88. The van der Waals surface area contributed by atoms with Crippen molar-refractivity contribution >= 4 is 17.5 Å². The van der Waals surface area contributed by atoms with Gasteiger partial charge in [-0.05, 0) is 43.7 Å². The van der Waals surface area contributed by atoms with E-state index < -0.39 is 0 Å². The smallest absolute Gasteiger partial charge is 0.224 e. The summed E-state index contributed by atoms with van der Waals surface area (Å²) >= 11 is 0. The van der Waals surface area contributed by atoms with Crippen LogP contribution < -0.4 is 10.6 Å². The Kier molecular flexibility index (Phi) is 7.48. The maximum Gasteiger partial charge on any atom is 0.224 e. The molecule has 1 saturated carbocycles. The lowest BCUT2D eigenvalue weighted by Gasteiger charge is -2.35. The molecule has 1 saturated heterocycles. The normalized spacial score (nSPS) is 21.1. The van der Waals surface area contributed by atoms with Crippen LogP contribution in [0.2, 0.25) is 0 Å². The van der Waals surface area contributed by atoms with Gasteiger partial charge in [0.25, 0.3) is 0 Å². The first-order chi connectivity index (χ1) is 13.2. The number of hydrogen-bond donors (Lipinski definition) is 2. The summed E-state index contributed by atoms with van der Waals surface area (Å²) in [5.41, 5.74) is 0.993. The molecule has 1 aliphatic heterocycles. The highest BCUT2D eigenvalue weighted by atomic mass is 16.2. The van der Waals surface area contributed by atoms with Gasteiger partial charge in [0.2, 0.25) is 11.8 Å². The van der Waals surface area contributed by atoms with Gasteiger partial charge in [-0.1, -0.05) is 19.3 Å². The average Bonchev–Trinajstić information content (AvgIpc) is 2.71. The lowest BCUT2D eigenvalue weighted by molar-refractivity contribution is -0.139. The van der Waals surface area contributed by atoms with Gasteiger partial charge in [0.05, 0.1) is 11.6 Å². The third kappa shape index (κ3) is 6.22. The van der Waals surface area contributed by atoms with Crippen LogP contribution in [0.4, 0.5) is 5.69 Å². The van der Waals surface area contributed by atoms with Crippen LogP contribution in [-0.4, -0.2) is 47.9 Å². The topological polar surface area (TPSA) is 74.3 Å². The summed E-state index contributed by atoms with van der Waals surface area (Å²) in [5, 5.41) is 6.33. The maximum atomic E-state index is 12.5. The first-order valence-electron chi connectivity index (χ1n) is 10.4. The molecule has 2 aliphatic rings. The Labute approximate surface area is 162 Å². The molecule has 2 N–H and O–H groups in total. The Bertz CT molecular complexity index is 601.